The van der Waals surface area contributed by atoms with Crippen molar-refractivity contribution >= 4 is 41.4 Å². The monoisotopic (exact) mass is 474 g/mol. The Morgan fingerprint density at radius 1 is 1.09 bits per heavy atom. The van der Waals surface area contributed by atoms with Gasteiger partial charge in [0.2, 0.25) is 17.7 Å². The van der Waals surface area contributed by atoms with E-state index in [1.54, 1.807) is 0 Å². The predicted octanol–water partition coefficient (Wildman–Crippen LogP) is -0.367. The number of likely N-dealkylation sites (tertiary alicyclic amines) is 1. The first-order valence-corrected chi connectivity index (χ1v) is 12.0. The Morgan fingerprint density at radius 3 is 2.25 bits per heavy atom. The Morgan fingerprint density at radius 2 is 1.72 bits per heavy atom. The molecule has 1 fully saturated rings. The highest BCUT2D eigenvalue weighted by molar-refractivity contribution is 7.98. The number of thioether (sulfide) groups is 1. The average molecular weight is 475 g/mol. The number of carbonyl (C=O) groups excluding carboxylic acids is 3. The average Bonchev–Trinajstić information content (AvgIpc) is 3.19. The number of rotatable bonds is 13. The molecule has 0 spiro atoms. The molecule has 1 heterocycles. The van der Waals surface area contributed by atoms with Crippen molar-refractivity contribution in [3.63, 3.8) is 0 Å². The lowest BCUT2D eigenvalue weighted by atomic mass is 10.0. The zero-order chi connectivity index (χ0) is 24.4. The summed E-state index contributed by atoms with van der Waals surface area (Å²) in [5.41, 5.74) is 5.89. The maximum absolute atomic E-state index is 12.9. The number of carbonyl (C=O) groups is 5. The van der Waals surface area contributed by atoms with Crippen LogP contribution < -0.4 is 16.4 Å². The lowest BCUT2D eigenvalue weighted by Crippen LogP contribution is -2.57. The molecule has 0 radical (unpaired) electrons. The van der Waals surface area contributed by atoms with Crippen LogP contribution >= 0.6 is 11.8 Å². The van der Waals surface area contributed by atoms with Crippen molar-refractivity contribution in [1.29, 1.82) is 0 Å². The number of amides is 3. The largest absolute Gasteiger partial charge is 0.481 e. The summed E-state index contributed by atoms with van der Waals surface area (Å²) in [6.07, 6.45) is 2.53. The van der Waals surface area contributed by atoms with Crippen molar-refractivity contribution < 1.29 is 34.2 Å². The molecule has 12 heteroatoms. The van der Waals surface area contributed by atoms with Gasteiger partial charge in [-0.05, 0) is 43.6 Å². The summed E-state index contributed by atoms with van der Waals surface area (Å²) in [5.74, 6) is -3.78. The molecule has 182 valence electrons. The highest BCUT2D eigenvalue weighted by atomic mass is 32.2. The maximum Gasteiger partial charge on any atom is 0.326 e. The molecule has 0 aromatic carbocycles. The van der Waals surface area contributed by atoms with Crippen LogP contribution in [0.4, 0.5) is 0 Å². The van der Waals surface area contributed by atoms with E-state index in [0.717, 1.165) is 4.90 Å². The van der Waals surface area contributed by atoms with E-state index in [-0.39, 0.29) is 25.3 Å². The van der Waals surface area contributed by atoms with Gasteiger partial charge in [0, 0.05) is 6.54 Å². The Bertz CT molecular complexity index is 703. The molecule has 0 aromatic heterocycles. The lowest BCUT2D eigenvalue weighted by Gasteiger charge is -2.28. The van der Waals surface area contributed by atoms with Gasteiger partial charge in [-0.3, -0.25) is 19.2 Å². The molecule has 0 saturated carbocycles. The molecular formula is C20H34N4O7S. The highest BCUT2D eigenvalue weighted by Gasteiger charge is 2.39. The van der Waals surface area contributed by atoms with Gasteiger partial charge >= 0.3 is 11.9 Å². The van der Waals surface area contributed by atoms with Crippen LogP contribution in [0.2, 0.25) is 0 Å². The van der Waals surface area contributed by atoms with Crippen LogP contribution in [0.5, 0.6) is 0 Å². The number of carboxylic acids is 2. The number of nitrogens with zero attached hydrogens (tertiary/aromatic N) is 1. The molecule has 4 atom stereocenters. The Kier molecular flexibility index (Phi) is 11.5. The normalized spacial score (nSPS) is 18.7. The summed E-state index contributed by atoms with van der Waals surface area (Å²) >= 11 is 1.46. The predicted molar refractivity (Wildman–Crippen MR) is 119 cm³/mol. The van der Waals surface area contributed by atoms with Gasteiger partial charge in [-0.2, -0.15) is 11.8 Å². The van der Waals surface area contributed by atoms with E-state index in [1.807, 2.05) is 20.1 Å². The molecule has 32 heavy (non-hydrogen) atoms. The molecule has 1 rings (SSSR count). The maximum atomic E-state index is 12.9. The molecule has 1 aliphatic rings. The molecule has 1 saturated heterocycles. The second-order valence-corrected chi connectivity index (χ2v) is 9.25. The smallest absolute Gasteiger partial charge is 0.326 e. The van der Waals surface area contributed by atoms with Gasteiger partial charge in [0.1, 0.15) is 18.1 Å². The van der Waals surface area contributed by atoms with Crippen molar-refractivity contribution in [2.24, 2.45) is 11.7 Å². The molecule has 0 aliphatic carbocycles. The number of hydrogen-bond acceptors (Lipinski definition) is 7. The Labute approximate surface area is 191 Å². The number of nitrogens with one attached hydrogen (secondary N) is 2. The van der Waals surface area contributed by atoms with Crippen molar-refractivity contribution in [2.45, 2.75) is 70.1 Å². The van der Waals surface area contributed by atoms with E-state index in [4.69, 9.17) is 5.73 Å². The fourth-order valence-corrected chi connectivity index (χ4v) is 4.00. The third-order valence-corrected chi connectivity index (χ3v) is 5.76. The van der Waals surface area contributed by atoms with Crippen LogP contribution in [0.3, 0.4) is 0 Å². The van der Waals surface area contributed by atoms with Crippen LogP contribution in [-0.4, -0.2) is 87.5 Å². The first-order chi connectivity index (χ1) is 15.0. The van der Waals surface area contributed by atoms with Crippen LogP contribution in [0.15, 0.2) is 0 Å². The van der Waals surface area contributed by atoms with Gasteiger partial charge in [0.25, 0.3) is 0 Å². The quantitative estimate of drug-likeness (QED) is 0.238. The molecule has 1 aliphatic heterocycles. The minimum atomic E-state index is -1.45. The molecule has 4 unspecified atom stereocenters. The highest BCUT2D eigenvalue weighted by Crippen LogP contribution is 2.19. The van der Waals surface area contributed by atoms with Crippen molar-refractivity contribution in [2.75, 3.05) is 18.6 Å². The first-order valence-electron chi connectivity index (χ1n) is 10.6. The Hall–Kier alpha value is -2.34. The zero-order valence-corrected chi connectivity index (χ0v) is 19.5. The van der Waals surface area contributed by atoms with Gasteiger partial charge in [0.05, 0.1) is 12.5 Å². The van der Waals surface area contributed by atoms with Gasteiger partial charge in [0.15, 0.2) is 0 Å². The third-order valence-electron chi connectivity index (χ3n) is 5.12. The number of carboxylic acid groups (broad SMARTS) is 2. The molecule has 11 nitrogen and oxygen atoms in total. The Balaban J connectivity index is 2.97. The molecule has 0 aromatic rings. The molecule has 3 amide bonds. The van der Waals surface area contributed by atoms with Crippen molar-refractivity contribution in [3.05, 3.63) is 0 Å². The lowest BCUT2D eigenvalue weighted by molar-refractivity contribution is -0.150. The summed E-state index contributed by atoms with van der Waals surface area (Å²) in [6, 6.07) is -4.32. The first kappa shape index (κ1) is 27.7. The third kappa shape index (κ3) is 8.65. The van der Waals surface area contributed by atoms with Crippen molar-refractivity contribution in [3.8, 4) is 0 Å². The van der Waals surface area contributed by atoms with Gasteiger partial charge in [-0.15, -0.1) is 0 Å². The standard InChI is InChI=1S/C20H34N4O7S/c1-11(2)9-12(21)17(27)22-13(6-8-32-3)18(28)23-14(10-16(25)26)19(29)24-7-4-5-15(24)20(30)31/h11-15H,4-10,21H2,1-3H3,(H,22,27)(H,23,28)(H,25,26)(H,30,31). The minimum Gasteiger partial charge on any atom is -0.481 e. The van der Waals surface area contributed by atoms with E-state index in [1.165, 1.54) is 11.8 Å². The summed E-state index contributed by atoms with van der Waals surface area (Å²) in [7, 11) is 0. The summed E-state index contributed by atoms with van der Waals surface area (Å²) in [4.78, 5) is 62.0. The topological polar surface area (TPSA) is 179 Å². The summed E-state index contributed by atoms with van der Waals surface area (Å²) < 4.78 is 0. The molecule has 0 bridgehead atoms. The van der Waals surface area contributed by atoms with Crippen molar-refractivity contribution in [1.82, 2.24) is 15.5 Å². The SMILES string of the molecule is CSCCC(NC(=O)C(N)CC(C)C)C(=O)NC(CC(=O)O)C(=O)N1CCCC1C(=O)O. The second kappa shape index (κ2) is 13.3. The van der Waals surface area contributed by atoms with Crippen LogP contribution in [0.1, 0.15) is 46.0 Å². The minimum absolute atomic E-state index is 0.165. The van der Waals surface area contributed by atoms with Crippen LogP contribution in [0.25, 0.3) is 0 Å². The zero-order valence-electron chi connectivity index (χ0n) is 18.7. The molecular weight excluding hydrogens is 440 g/mol. The van der Waals surface area contributed by atoms with E-state index in [2.05, 4.69) is 10.6 Å². The molecule has 6 N–H and O–H groups in total. The van der Waals surface area contributed by atoms with Crippen LogP contribution in [0, 0.1) is 5.92 Å². The van der Waals surface area contributed by atoms with Gasteiger partial charge in [-0.1, -0.05) is 13.8 Å². The van der Waals surface area contributed by atoms with E-state index in [0.29, 0.717) is 18.6 Å². The fourth-order valence-electron chi connectivity index (χ4n) is 3.53. The van der Waals surface area contributed by atoms with E-state index < -0.39 is 60.2 Å². The number of hydrogen-bond donors (Lipinski definition) is 5. The van der Waals surface area contributed by atoms with E-state index >= 15 is 0 Å². The fraction of sp³-hybridized carbons (Fsp3) is 0.750. The summed E-state index contributed by atoms with van der Waals surface area (Å²) in [5, 5.41) is 23.5. The second-order valence-electron chi connectivity index (χ2n) is 8.27. The van der Waals surface area contributed by atoms with Crippen LogP contribution in [-0.2, 0) is 24.0 Å². The van der Waals surface area contributed by atoms with Gasteiger partial charge < -0.3 is 31.5 Å². The van der Waals surface area contributed by atoms with Gasteiger partial charge in [-0.25, -0.2) is 4.79 Å². The van der Waals surface area contributed by atoms with E-state index in [9.17, 15) is 34.2 Å². The number of nitrogens with two attached hydrogens (primary N) is 1. The number of aliphatic carboxylic acids is 2. The summed E-state index contributed by atoms with van der Waals surface area (Å²) in [6.45, 7) is 3.99.